The molecule has 1 saturated carbocycles. The van der Waals surface area contributed by atoms with E-state index in [2.05, 4.69) is 22.5 Å². The molecule has 0 unspecified atom stereocenters. The zero-order chi connectivity index (χ0) is 13.8. The van der Waals surface area contributed by atoms with Gasteiger partial charge < -0.3 is 15.4 Å². The van der Waals surface area contributed by atoms with E-state index in [1.807, 2.05) is 6.07 Å². The SMILES string of the molecule is CCCNc1cc(NC2CCOCC2)nc(C2CC2)n1. The molecule has 1 aromatic heterocycles. The van der Waals surface area contributed by atoms with Crippen LogP contribution in [0.2, 0.25) is 0 Å². The zero-order valence-corrected chi connectivity index (χ0v) is 12.2. The van der Waals surface area contributed by atoms with Crippen LogP contribution < -0.4 is 10.6 Å². The van der Waals surface area contributed by atoms with Gasteiger partial charge >= 0.3 is 0 Å². The number of anilines is 2. The minimum atomic E-state index is 0.477. The highest BCUT2D eigenvalue weighted by Crippen LogP contribution is 2.38. The molecule has 0 aromatic carbocycles. The highest BCUT2D eigenvalue weighted by molar-refractivity contribution is 5.48. The summed E-state index contributed by atoms with van der Waals surface area (Å²) in [6, 6.07) is 2.52. The molecule has 0 spiro atoms. The molecule has 2 N–H and O–H groups in total. The van der Waals surface area contributed by atoms with E-state index in [0.29, 0.717) is 12.0 Å². The normalized spacial score (nSPS) is 19.9. The predicted molar refractivity (Wildman–Crippen MR) is 80.3 cm³/mol. The maximum Gasteiger partial charge on any atom is 0.136 e. The summed E-state index contributed by atoms with van der Waals surface area (Å²) >= 11 is 0. The first kappa shape index (κ1) is 13.6. The number of hydrogen-bond acceptors (Lipinski definition) is 5. The summed E-state index contributed by atoms with van der Waals surface area (Å²) in [6.45, 7) is 4.81. The molecule has 5 nitrogen and oxygen atoms in total. The third-order valence-electron chi connectivity index (χ3n) is 3.82. The Morgan fingerprint density at radius 1 is 1.15 bits per heavy atom. The van der Waals surface area contributed by atoms with Gasteiger partial charge in [-0.3, -0.25) is 0 Å². The molecule has 1 aromatic rings. The lowest BCUT2D eigenvalue weighted by atomic mass is 10.1. The Hall–Kier alpha value is -1.36. The highest BCUT2D eigenvalue weighted by atomic mass is 16.5. The molecule has 0 radical (unpaired) electrons. The summed E-state index contributed by atoms with van der Waals surface area (Å²) in [5.41, 5.74) is 0. The van der Waals surface area contributed by atoms with Crippen LogP contribution in [-0.4, -0.2) is 35.8 Å². The minimum absolute atomic E-state index is 0.477. The van der Waals surface area contributed by atoms with E-state index < -0.39 is 0 Å². The average molecular weight is 276 g/mol. The van der Waals surface area contributed by atoms with Crippen molar-refractivity contribution >= 4 is 11.6 Å². The summed E-state index contributed by atoms with van der Waals surface area (Å²) < 4.78 is 5.40. The molecule has 0 amide bonds. The van der Waals surface area contributed by atoms with Crippen molar-refractivity contribution in [2.75, 3.05) is 30.4 Å². The van der Waals surface area contributed by atoms with E-state index in [4.69, 9.17) is 9.72 Å². The second-order valence-electron chi connectivity index (χ2n) is 5.73. The highest BCUT2D eigenvalue weighted by Gasteiger charge is 2.27. The molecule has 3 rings (SSSR count). The fourth-order valence-electron chi connectivity index (χ4n) is 2.46. The molecule has 110 valence electrons. The number of aromatic nitrogens is 2. The van der Waals surface area contributed by atoms with E-state index in [-0.39, 0.29) is 0 Å². The molecule has 1 aliphatic heterocycles. The quantitative estimate of drug-likeness (QED) is 0.836. The number of hydrogen-bond donors (Lipinski definition) is 2. The van der Waals surface area contributed by atoms with Gasteiger partial charge in [0, 0.05) is 37.8 Å². The number of nitrogens with one attached hydrogen (secondary N) is 2. The lowest BCUT2D eigenvalue weighted by Gasteiger charge is -2.24. The fourth-order valence-corrected chi connectivity index (χ4v) is 2.46. The predicted octanol–water partition coefficient (Wildman–Crippen LogP) is 2.77. The van der Waals surface area contributed by atoms with Crippen molar-refractivity contribution in [3.8, 4) is 0 Å². The second-order valence-corrected chi connectivity index (χ2v) is 5.73. The summed E-state index contributed by atoms with van der Waals surface area (Å²) in [5.74, 6) is 3.50. The first-order valence-corrected chi connectivity index (χ1v) is 7.82. The van der Waals surface area contributed by atoms with E-state index in [0.717, 1.165) is 56.5 Å². The molecule has 2 aliphatic rings. The van der Waals surface area contributed by atoms with Crippen LogP contribution in [0.4, 0.5) is 11.6 Å². The van der Waals surface area contributed by atoms with Crippen molar-refractivity contribution in [1.29, 1.82) is 0 Å². The van der Waals surface area contributed by atoms with Gasteiger partial charge in [-0.15, -0.1) is 0 Å². The summed E-state index contributed by atoms with van der Waals surface area (Å²) in [5, 5.41) is 6.93. The molecular formula is C15H24N4O. The maximum absolute atomic E-state index is 5.40. The summed E-state index contributed by atoms with van der Waals surface area (Å²) in [6.07, 6.45) is 5.67. The van der Waals surface area contributed by atoms with Gasteiger partial charge in [0.05, 0.1) is 0 Å². The van der Waals surface area contributed by atoms with Crippen molar-refractivity contribution in [2.24, 2.45) is 0 Å². The molecule has 5 heteroatoms. The number of rotatable bonds is 6. The van der Waals surface area contributed by atoms with Crippen LogP contribution >= 0.6 is 0 Å². The van der Waals surface area contributed by atoms with E-state index in [9.17, 15) is 0 Å². The summed E-state index contributed by atoms with van der Waals surface area (Å²) in [4.78, 5) is 9.33. The topological polar surface area (TPSA) is 59.1 Å². The third-order valence-corrected chi connectivity index (χ3v) is 3.82. The van der Waals surface area contributed by atoms with E-state index >= 15 is 0 Å². The largest absolute Gasteiger partial charge is 0.381 e. The minimum Gasteiger partial charge on any atom is -0.381 e. The Morgan fingerprint density at radius 2 is 1.90 bits per heavy atom. The monoisotopic (exact) mass is 276 g/mol. The third kappa shape index (κ3) is 3.60. The van der Waals surface area contributed by atoms with Gasteiger partial charge in [-0.1, -0.05) is 6.92 Å². The number of nitrogens with zero attached hydrogens (tertiary/aromatic N) is 2. The Kier molecular flexibility index (Phi) is 4.35. The van der Waals surface area contributed by atoms with Gasteiger partial charge in [-0.2, -0.15) is 0 Å². The lowest BCUT2D eigenvalue weighted by Crippen LogP contribution is -2.28. The Balaban J connectivity index is 1.71. The van der Waals surface area contributed by atoms with Crippen molar-refractivity contribution in [3.05, 3.63) is 11.9 Å². The molecule has 0 atom stereocenters. The Labute approximate surface area is 120 Å². The van der Waals surface area contributed by atoms with Gasteiger partial charge in [-0.25, -0.2) is 9.97 Å². The van der Waals surface area contributed by atoms with Gasteiger partial charge in [0.2, 0.25) is 0 Å². The second kappa shape index (κ2) is 6.39. The van der Waals surface area contributed by atoms with Crippen LogP contribution in [0, 0.1) is 0 Å². The van der Waals surface area contributed by atoms with Crippen LogP contribution in [0.25, 0.3) is 0 Å². The Bertz CT molecular complexity index is 441. The number of ether oxygens (including phenoxy) is 1. The van der Waals surface area contributed by atoms with E-state index in [1.165, 1.54) is 12.8 Å². The average Bonchev–Trinajstić information content (AvgIpc) is 3.31. The molecule has 0 bridgehead atoms. The Morgan fingerprint density at radius 3 is 2.60 bits per heavy atom. The first-order valence-electron chi connectivity index (χ1n) is 7.82. The maximum atomic E-state index is 5.40. The molecule has 2 heterocycles. The van der Waals surface area contributed by atoms with Crippen molar-refractivity contribution in [1.82, 2.24) is 9.97 Å². The van der Waals surface area contributed by atoms with Crippen LogP contribution in [0.1, 0.15) is 50.8 Å². The first-order chi connectivity index (χ1) is 9.85. The van der Waals surface area contributed by atoms with Gasteiger partial charge in [0.1, 0.15) is 17.5 Å². The van der Waals surface area contributed by atoms with Crippen LogP contribution in [0.15, 0.2) is 6.07 Å². The standard InChI is InChI=1S/C15H24N4O/c1-2-7-16-13-10-14(17-12-5-8-20-9-6-12)19-15(18-13)11-3-4-11/h10-12H,2-9H2,1H3,(H2,16,17,18,19). The van der Waals surface area contributed by atoms with Gasteiger partial charge in [-0.05, 0) is 32.1 Å². The van der Waals surface area contributed by atoms with Crippen LogP contribution in [-0.2, 0) is 4.74 Å². The molecule has 1 saturated heterocycles. The van der Waals surface area contributed by atoms with Crippen molar-refractivity contribution in [3.63, 3.8) is 0 Å². The van der Waals surface area contributed by atoms with Gasteiger partial charge in [0.15, 0.2) is 0 Å². The van der Waals surface area contributed by atoms with Crippen molar-refractivity contribution < 1.29 is 4.74 Å². The van der Waals surface area contributed by atoms with Crippen LogP contribution in [0.3, 0.4) is 0 Å². The lowest BCUT2D eigenvalue weighted by molar-refractivity contribution is 0.0904. The van der Waals surface area contributed by atoms with Crippen molar-refractivity contribution in [2.45, 2.75) is 51.0 Å². The molecule has 20 heavy (non-hydrogen) atoms. The van der Waals surface area contributed by atoms with E-state index in [1.54, 1.807) is 0 Å². The summed E-state index contributed by atoms with van der Waals surface area (Å²) in [7, 11) is 0. The smallest absolute Gasteiger partial charge is 0.136 e. The van der Waals surface area contributed by atoms with Crippen LogP contribution in [0.5, 0.6) is 0 Å². The van der Waals surface area contributed by atoms with Gasteiger partial charge in [0.25, 0.3) is 0 Å². The molecule has 2 fully saturated rings. The molecule has 1 aliphatic carbocycles. The zero-order valence-electron chi connectivity index (χ0n) is 12.2. The molecular weight excluding hydrogens is 252 g/mol. The fraction of sp³-hybridized carbons (Fsp3) is 0.733.